The van der Waals surface area contributed by atoms with E-state index >= 15 is 0 Å². The van der Waals surface area contributed by atoms with Crippen LogP contribution in [0.2, 0.25) is 0 Å². The van der Waals surface area contributed by atoms with Crippen LogP contribution < -0.4 is 0 Å². The Morgan fingerprint density at radius 3 is 1.45 bits per heavy atom. The average Bonchev–Trinajstić information content (AvgIpc) is 2.52. The van der Waals surface area contributed by atoms with Crippen LogP contribution >= 0.6 is 0 Å². The van der Waals surface area contributed by atoms with Crippen LogP contribution in [0.4, 0.5) is 0 Å². The van der Waals surface area contributed by atoms with Gasteiger partial charge in [0.15, 0.2) is 0 Å². The SMILES string of the molecule is c1cc2nccc3c4cccc5nccc(c(c1)c23)c54. The summed E-state index contributed by atoms with van der Waals surface area (Å²) in [5, 5.41) is 7.55. The third-order valence-corrected chi connectivity index (χ3v) is 4.11. The van der Waals surface area contributed by atoms with Crippen LogP contribution in [0.25, 0.3) is 43.4 Å². The molecule has 2 nitrogen and oxygen atoms in total. The van der Waals surface area contributed by atoms with Crippen LogP contribution in [0.3, 0.4) is 0 Å². The van der Waals surface area contributed by atoms with Gasteiger partial charge in [0, 0.05) is 23.2 Å². The Bertz CT molecular complexity index is 926. The lowest BCUT2D eigenvalue weighted by molar-refractivity contribution is 1.42. The quantitative estimate of drug-likeness (QED) is 0.300. The fourth-order valence-electron chi connectivity index (χ4n) is 3.31. The fraction of sp³-hybridized carbons (Fsp3) is 0. The minimum absolute atomic E-state index is 1.06. The number of hydrogen-bond donors (Lipinski definition) is 0. The molecular formula is C18H10N2. The van der Waals surface area contributed by atoms with Crippen molar-refractivity contribution in [2.24, 2.45) is 0 Å². The van der Waals surface area contributed by atoms with Crippen LogP contribution in [-0.2, 0) is 0 Å². The third kappa shape index (κ3) is 1.09. The highest BCUT2D eigenvalue weighted by atomic mass is 14.7. The minimum Gasteiger partial charge on any atom is -0.256 e. The highest BCUT2D eigenvalue weighted by molar-refractivity contribution is 6.31. The van der Waals surface area contributed by atoms with Crippen molar-refractivity contribution in [2.75, 3.05) is 0 Å². The third-order valence-electron chi connectivity index (χ3n) is 4.11. The number of rotatable bonds is 0. The zero-order valence-electron chi connectivity index (χ0n) is 10.7. The van der Waals surface area contributed by atoms with Crippen molar-refractivity contribution >= 4 is 43.4 Å². The summed E-state index contributed by atoms with van der Waals surface area (Å²) in [6.45, 7) is 0. The van der Waals surface area contributed by atoms with Crippen LogP contribution in [-0.4, -0.2) is 9.97 Å². The monoisotopic (exact) mass is 254 g/mol. The average molecular weight is 254 g/mol. The number of hydrogen-bond acceptors (Lipinski definition) is 2. The molecule has 2 heteroatoms. The Labute approximate surface area is 115 Å². The smallest absolute Gasteiger partial charge is 0.0714 e. The van der Waals surface area contributed by atoms with Crippen LogP contribution in [0.15, 0.2) is 60.9 Å². The molecule has 0 saturated carbocycles. The molecule has 0 amide bonds. The second-order valence-electron chi connectivity index (χ2n) is 5.12. The summed E-state index contributed by atoms with van der Waals surface area (Å²) in [6, 6.07) is 16.9. The molecule has 3 aromatic carbocycles. The van der Waals surface area contributed by atoms with Crippen molar-refractivity contribution < 1.29 is 0 Å². The summed E-state index contributed by atoms with van der Waals surface area (Å²) in [5.74, 6) is 0. The van der Waals surface area contributed by atoms with E-state index in [1.54, 1.807) is 0 Å². The molecule has 0 atom stereocenters. The normalized spacial score (nSPS) is 12.0. The van der Waals surface area contributed by atoms with Crippen molar-refractivity contribution in [1.82, 2.24) is 9.97 Å². The largest absolute Gasteiger partial charge is 0.256 e. The topological polar surface area (TPSA) is 25.8 Å². The molecule has 0 bridgehead atoms. The molecule has 2 heterocycles. The zero-order chi connectivity index (χ0) is 13.1. The lowest BCUT2D eigenvalue weighted by atomic mass is 9.93. The second-order valence-corrected chi connectivity index (χ2v) is 5.12. The van der Waals surface area contributed by atoms with Crippen molar-refractivity contribution in [3.05, 3.63) is 60.9 Å². The Kier molecular flexibility index (Phi) is 1.73. The van der Waals surface area contributed by atoms with Gasteiger partial charge in [-0.2, -0.15) is 0 Å². The molecule has 0 radical (unpaired) electrons. The Morgan fingerprint density at radius 2 is 0.950 bits per heavy atom. The van der Waals surface area contributed by atoms with Crippen LogP contribution in [0, 0.1) is 0 Å². The molecule has 92 valence electrons. The molecule has 0 fully saturated rings. The van der Waals surface area contributed by atoms with E-state index in [4.69, 9.17) is 0 Å². The van der Waals surface area contributed by atoms with Gasteiger partial charge in [0.05, 0.1) is 11.0 Å². The van der Waals surface area contributed by atoms with Gasteiger partial charge in [0.1, 0.15) is 0 Å². The summed E-state index contributed by atoms with van der Waals surface area (Å²) in [4.78, 5) is 9.01. The van der Waals surface area contributed by atoms with E-state index in [0.717, 1.165) is 11.0 Å². The van der Waals surface area contributed by atoms with Gasteiger partial charge >= 0.3 is 0 Å². The van der Waals surface area contributed by atoms with Crippen molar-refractivity contribution in [2.45, 2.75) is 0 Å². The van der Waals surface area contributed by atoms with E-state index in [0.29, 0.717) is 0 Å². The summed E-state index contributed by atoms with van der Waals surface area (Å²) in [6.07, 6.45) is 3.78. The summed E-state index contributed by atoms with van der Waals surface area (Å²) in [7, 11) is 0. The van der Waals surface area contributed by atoms with Crippen LogP contribution in [0.5, 0.6) is 0 Å². The van der Waals surface area contributed by atoms with Gasteiger partial charge < -0.3 is 0 Å². The van der Waals surface area contributed by atoms with Crippen LogP contribution in [0.1, 0.15) is 0 Å². The van der Waals surface area contributed by atoms with E-state index < -0.39 is 0 Å². The van der Waals surface area contributed by atoms with Gasteiger partial charge in [0.25, 0.3) is 0 Å². The number of benzene rings is 3. The first-order valence-corrected chi connectivity index (χ1v) is 6.70. The number of aromatic nitrogens is 2. The molecule has 0 spiro atoms. The van der Waals surface area contributed by atoms with Gasteiger partial charge in [-0.05, 0) is 45.8 Å². The number of fused-ring (bicyclic) bond motifs is 2. The second kappa shape index (κ2) is 3.42. The molecule has 20 heavy (non-hydrogen) atoms. The molecular weight excluding hydrogens is 244 g/mol. The van der Waals surface area contributed by atoms with Crippen molar-refractivity contribution in [3.8, 4) is 0 Å². The molecule has 0 saturated heterocycles. The maximum absolute atomic E-state index is 4.51. The first kappa shape index (κ1) is 10.1. The lowest BCUT2D eigenvalue weighted by Crippen LogP contribution is -1.88. The van der Waals surface area contributed by atoms with Crippen molar-refractivity contribution in [1.29, 1.82) is 0 Å². The highest BCUT2D eigenvalue weighted by Crippen LogP contribution is 2.38. The molecule has 5 aromatic rings. The van der Waals surface area contributed by atoms with E-state index in [-0.39, 0.29) is 0 Å². The first-order chi connectivity index (χ1) is 9.93. The number of pyridine rings is 2. The Hall–Kier alpha value is -2.74. The zero-order valence-corrected chi connectivity index (χ0v) is 10.7. The highest BCUT2D eigenvalue weighted by Gasteiger charge is 2.12. The summed E-state index contributed by atoms with van der Waals surface area (Å²) < 4.78 is 0. The van der Waals surface area contributed by atoms with Gasteiger partial charge in [-0.1, -0.05) is 24.3 Å². The van der Waals surface area contributed by atoms with Gasteiger partial charge in [-0.15, -0.1) is 0 Å². The molecule has 0 aliphatic heterocycles. The maximum atomic E-state index is 4.51. The molecule has 0 aliphatic rings. The predicted octanol–water partition coefficient (Wildman–Crippen LogP) is 4.53. The van der Waals surface area contributed by atoms with Gasteiger partial charge in [0.2, 0.25) is 0 Å². The number of nitrogens with zero attached hydrogens (tertiary/aromatic N) is 2. The molecule has 0 unspecified atom stereocenters. The van der Waals surface area contributed by atoms with E-state index in [1.165, 1.54) is 32.3 Å². The predicted molar refractivity (Wildman–Crippen MR) is 83.2 cm³/mol. The minimum atomic E-state index is 1.06. The summed E-state index contributed by atoms with van der Waals surface area (Å²) >= 11 is 0. The fourth-order valence-corrected chi connectivity index (χ4v) is 3.31. The molecule has 0 aliphatic carbocycles. The Morgan fingerprint density at radius 1 is 0.500 bits per heavy atom. The molecule has 5 rings (SSSR count). The maximum Gasteiger partial charge on any atom is 0.0714 e. The van der Waals surface area contributed by atoms with Crippen molar-refractivity contribution in [3.63, 3.8) is 0 Å². The standard InChI is InChI=1S/C18H10N2/c1-3-11-13-7-10-20-16-6-2-4-12(18(13)16)14-8-9-19-15(5-1)17(11)14/h1-10H. The lowest BCUT2D eigenvalue weighted by Gasteiger charge is -2.12. The molecule has 2 aromatic heterocycles. The summed E-state index contributed by atoms with van der Waals surface area (Å²) in [5.41, 5.74) is 2.11. The van der Waals surface area contributed by atoms with Gasteiger partial charge in [-0.25, -0.2) is 0 Å². The van der Waals surface area contributed by atoms with Gasteiger partial charge in [-0.3, -0.25) is 9.97 Å². The molecule has 0 N–H and O–H groups in total. The van der Waals surface area contributed by atoms with E-state index in [1.807, 2.05) is 12.4 Å². The Balaban J connectivity index is 2.32. The van der Waals surface area contributed by atoms with E-state index in [2.05, 4.69) is 58.5 Å². The first-order valence-electron chi connectivity index (χ1n) is 6.70. The van der Waals surface area contributed by atoms with E-state index in [9.17, 15) is 0 Å².